The maximum absolute atomic E-state index is 11.1. The third-order valence-corrected chi connectivity index (χ3v) is 1.60. The van der Waals surface area contributed by atoms with Crippen molar-refractivity contribution in [2.24, 2.45) is 4.99 Å². The number of Topliss-reactive ketones (excluding diaryl/α,β-unsaturated/α-hetero) is 1. The molecule has 0 saturated carbocycles. The standard InChI is InChI=1S/C8H7NO2/c1-5-4-6-8(11-5)7(10)2-3-9-6/h3-4H,2H2,1H3. The second-order valence-corrected chi connectivity index (χ2v) is 2.51. The van der Waals surface area contributed by atoms with Crippen LogP contribution in [0.15, 0.2) is 15.5 Å². The molecule has 3 nitrogen and oxygen atoms in total. The van der Waals surface area contributed by atoms with E-state index in [2.05, 4.69) is 4.99 Å². The molecule has 0 atom stereocenters. The number of carbonyl (C=O) groups excluding carboxylic acids is 1. The maximum Gasteiger partial charge on any atom is 0.205 e. The van der Waals surface area contributed by atoms with Crippen LogP contribution in [0.3, 0.4) is 0 Å². The first-order valence-electron chi connectivity index (χ1n) is 3.43. The number of ketones is 1. The quantitative estimate of drug-likeness (QED) is 0.565. The van der Waals surface area contributed by atoms with Crippen molar-refractivity contribution in [3.05, 3.63) is 17.6 Å². The van der Waals surface area contributed by atoms with Crippen molar-refractivity contribution in [3.8, 4) is 0 Å². The molecule has 2 rings (SSSR count). The Labute approximate surface area is 63.7 Å². The Morgan fingerprint density at radius 1 is 1.64 bits per heavy atom. The molecule has 0 fully saturated rings. The lowest BCUT2D eigenvalue weighted by Gasteiger charge is -1.98. The first-order chi connectivity index (χ1) is 5.27. The van der Waals surface area contributed by atoms with Crippen molar-refractivity contribution in [1.29, 1.82) is 0 Å². The van der Waals surface area contributed by atoms with Crippen molar-refractivity contribution >= 4 is 17.7 Å². The molecule has 0 saturated heterocycles. The highest BCUT2D eigenvalue weighted by Gasteiger charge is 2.18. The number of aryl methyl sites for hydroxylation is 1. The van der Waals surface area contributed by atoms with Crippen molar-refractivity contribution in [2.45, 2.75) is 13.3 Å². The summed E-state index contributed by atoms with van der Waals surface area (Å²) in [6.07, 6.45) is 1.97. The summed E-state index contributed by atoms with van der Waals surface area (Å²) in [6, 6.07) is 1.77. The zero-order valence-corrected chi connectivity index (χ0v) is 6.13. The molecule has 0 radical (unpaired) electrons. The summed E-state index contributed by atoms with van der Waals surface area (Å²) in [6.45, 7) is 1.81. The fraction of sp³-hybridized carbons (Fsp3) is 0.250. The van der Waals surface area contributed by atoms with Crippen LogP contribution in [0.25, 0.3) is 0 Å². The second kappa shape index (κ2) is 2.05. The van der Waals surface area contributed by atoms with Crippen LogP contribution in [0.1, 0.15) is 22.7 Å². The van der Waals surface area contributed by atoms with E-state index < -0.39 is 0 Å². The van der Waals surface area contributed by atoms with Gasteiger partial charge >= 0.3 is 0 Å². The molecule has 1 aliphatic rings. The minimum Gasteiger partial charge on any atom is -0.456 e. The molecule has 0 amide bonds. The molecule has 1 aromatic heterocycles. The summed E-state index contributed by atoms with van der Waals surface area (Å²) < 4.78 is 5.15. The van der Waals surface area contributed by atoms with Gasteiger partial charge in [-0.15, -0.1) is 0 Å². The van der Waals surface area contributed by atoms with Gasteiger partial charge in [-0.25, -0.2) is 0 Å². The van der Waals surface area contributed by atoms with E-state index in [1.165, 1.54) is 0 Å². The summed E-state index contributed by atoms with van der Waals surface area (Å²) in [5.74, 6) is 1.16. The molecule has 56 valence electrons. The molecule has 2 heterocycles. The third-order valence-electron chi connectivity index (χ3n) is 1.60. The van der Waals surface area contributed by atoms with Gasteiger partial charge in [0.25, 0.3) is 0 Å². The van der Waals surface area contributed by atoms with E-state index in [4.69, 9.17) is 4.42 Å². The number of carbonyl (C=O) groups is 1. The SMILES string of the molecule is Cc1cc2c(o1)C(=O)CC=N2. The monoisotopic (exact) mass is 149 g/mol. The number of hydrogen-bond donors (Lipinski definition) is 0. The highest BCUT2D eigenvalue weighted by molar-refractivity contribution is 6.08. The zero-order chi connectivity index (χ0) is 7.84. The van der Waals surface area contributed by atoms with Crippen molar-refractivity contribution in [2.75, 3.05) is 0 Å². The van der Waals surface area contributed by atoms with Crippen molar-refractivity contribution in [3.63, 3.8) is 0 Å². The largest absolute Gasteiger partial charge is 0.456 e. The van der Waals surface area contributed by atoms with E-state index in [1.54, 1.807) is 19.2 Å². The normalized spacial score (nSPS) is 15.2. The van der Waals surface area contributed by atoms with Gasteiger partial charge in [0.1, 0.15) is 11.4 Å². The van der Waals surface area contributed by atoms with Gasteiger partial charge in [-0.3, -0.25) is 9.79 Å². The second-order valence-electron chi connectivity index (χ2n) is 2.51. The van der Waals surface area contributed by atoms with Gasteiger partial charge < -0.3 is 4.42 Å². The van der Waals surface area contributed by atoms with Crippen LogP contribution < -0.4 is 0 Å². The Morgan fingerprint density at radius 3 is 3.18 bits per heavy atom. The Kier molecular flexibility index (Phi) is 1.18. The summed E-state index contributed by atoms with van der Waals surface area (Å²) in [4.78, 5) is 15.1. The molecule has 0 unspecified atom stereocenters. The van der Waals surface area contributed by atoms with Crippen LogP contribution in [0.2, 0.25) is 0 Å². The van der Waals surface area contributed by atoms with Gasteiger partial charge in [0.05, 0.1) is 0 Å². The first kappa shape index (κ1) is 6.34. The molecule has 0 bridgehead atoms. The Balaban J connectivity index is 2.62. The topological polar surface area (TPSA) is 42.6 Å². The summed E-state index contributed by atoms with van der Waals surface area (Å²) in [5.41, 5.74) is 0.666. The van der Waals surface area contributed by atoms with E-state index in [9.17, 15) is 4.79 Å². The average Bonchev–Trinajstić information content (AvgIpc) is 2.31. The molecule has 0 aromatic carbocycles. The maximum atomic E-state index is 11.1. The molecular formula is C8H7NO2. The average molecular weight is 149 g/mol. The van der Waals surface area contributed by atoms with Crippen LogP contribution in [-0.4, -0.2) is 12.0 Å². The van der Waals surface area contributed by atoms with Gasteiger partial charge in [-0.2, -0.15) is 0 Å². The van der Waals surface area contributed by atoms with Crippen LogP contribution >= 0.6 is 0 Å². The van der Waals surface area contributed by atoms with Gasteiger partial charge in [-0.1, -0.05) is 0 Å². The molecule has 0 aliphatic carbocycles. The molecule has 3 heteroatoms. The van der Waals surface area contributed by atoms with Crippen LogP contribution in [0, 0.1) is 6.92 Å². The smallest absolute Gasteiger partial charge is 0.205 e. The van der Waals surface area contributed by atoms with Crippen molar-refractivity contribution in [1.82, 2.24) is 0 Å². The lowest BCUT2D eigenvalue weighted by Crippen LogP contribution is -2.01. The van der Waals surface area contributed by atoms with E-state index in [1.807, 2.05) is 0 Å². The highest BCUT2D eigenvalue weighted by Crippen LogP contribution is 2.26. The molecule has 1 aromatic rings. The third kappa shape index (κ3) is 0.888. The number of nitrogens with zero attached hydrogens (tertiary/aromatic N) is 1. The zero-order valence-electron chi connectivity index (χ0n) is 6.13. The summed E-state index contributed by atoms with van der Waals surface area (Å²) in [7, 11) is 0. The molecule has 1 aliphatic heterocycles. The first-order valence-corrected chi connectivity index (χ1v) is 3.43. The fourth-order valence-electron chi connectivity index (χ4n) is 1.12. The van der Waals surface area contributed by atoms with E-state index >= 15 is 0 Å². The van der Waals surface area contributed by atoms with E-state index in [-0.39, 0.29) is 5.78 Å². The van der Waals surface area contributed by atoms with E-state index in [0.29, 0.717) is 17.9 Å². The Morgan fingerprint density at radius 2 is 2.45 bits per heavy atom. The summed E-state index contributed by atoms with van der Waals surface area (Å²) >= 11 is 0. The minimum atomic E-state index is 0.0168. The highest BCUT2D eigenvalue weighted by atomic mass is 16.3. The minimum absolute atomic E-state index is 0.0168. The lowest BCUT2D eigenvalue weighted by atomic mass is 10.2. The number of hydrogen-bond acceptors (Lipinski definition) is 3. The number of rotatable bonds is 0. The number of aliphatic imine (C=N–C) groups is 1. The lowest BCUT2D eigenvalue weighted by molar-refractivity contribution is 0.0973. The van der Waals surface area contributed by atoms with Crippen LogP contribution in [0.5, 0.6) is 0 Å². The number of furan rings is 1. The molecule has 0 spiro atoms. The van der Waals surface area contributed by atoms with Gasteiger partial charge in [0.2, 0.25) is 5.78 Å². The molecular weight excluding hydrogens is 142 g/mol. The van der Waals surface area contributed by atoms with Crippen molar-refractivity contribution < 1.29 is 9.21 Å². The Bertz CT molecular complexity index is 336. The predicted molar refractivity (Wildman–Crippen MR) is 40.5 cm³/mol. The van der Waals surface area contributed by atoms with Gasteiger partial charge in [0.15, 0.2) is 5.76 Å². The van der Waals surface area contributed by atoms with E-state index in [0.717, 1.165) is 5.76 Å². The van der Waals surface area contributed by atoms with Crippen LogP contribution in [-0.2, 0) is 0 Å². The van der Waals surface area contributed by atoms with Gasteiger partial charge in [-0.05, 0) is 6.92 Å². The molecule has 0 N–H and O–H groups in total. The Hall–Kier alpha value is -1.38. The fourth-order valence-corrected chi connectivity index (χ4v) is 1.12. The van der Waals surface area contributed by atoms with Crippen LogP contribution in [0.4, 0.5) is 5.69 Å². The van der Waals surface area contributed by atoms with Gasteiger partial charge in [0, 0.05) is 18.7 Å². The molecule has 11 heavy (non-hydrogen) atoms. The summed E-state index contributed by atoms with van der Waals surface area (Å²) in [5, 5.41) is 0. The predicted octanol–water partition coefficient (Wildman–Crippen LogP) is 1.88. The number of fused-ring (bicyclic) bond motifs is 1.